The molecule has 3 amide bonds. The normalized spacial score (nSPS) is 11.6. The molecule has 0 saturated carbocycles. The fourth-order valence-corrected chi connectivity index (χ4v) is 1.48. The summed E-state index contributed by atoms with van der Waals surface area (Å²) in [6.45, 7) is 5.09. The van der Waals surface area contributed by atoms with Crippen LogP contribution < -0.4 is 10.6 Å². The van der Waals surface area contributed by atoms with E-state index in [1.54, 1.807) is 20.8 Å². The molecule has 0 aromatic rings. The molecule has 1 unspecified atom stereocenters. The van der Waals surface area contributed by atoms with Crippen LogP contribution in [0.15, 0.2) is 0 Å². The van der Waals surface area contributed by atoms with E-state index in [9.17, 15) is 19.2 Å². The molecule has 0 aliphatic rings. The molecule has 0 aliphatic heterocycles. The molecule has 0 aromatic heterocycles. The molecular formula is C12H21N3O6. The lowest BCUT2D eigenvalue weighted by molar-refractivity contribution is -0.145. The summed E-state index contributed by atoms with van der Waals surface area (Å²) in [7, 11) is 0. The highest BCUT2D eigenvalue weighted by Crippen LogP contribution is 1.97. The van der Waals surface area contributed by atoms with Gasteiger partial charge >= 0.3 is 18.0 Å². The molecule has 0 saturated heterocycles. The lowest BCUT2D eigenvalue weighted by Gasteiger charge is -2.23. The lowest BCUT2D eigenvalue weighted by atomic mass is 10.2. The summed E-state index contributed by atoms with van der Waals surface area (Å²) in [6.07, 6.45) is -0.739. The molecule has 0 aliphatic carbocycles. The Morgan fingerprint density at radius 1 is 1.10 bits per heavy atom. The average molecular weight is 303 g/mol. The van der Waals surface area contributed by atoms with Gasteiger partial charge < -0.3 is 25.7 Å². The number of nitrogens with one attached hydrogen (secondary N) is 2. The molecule has 0 spiro atoms. The van der Waals surface area contributed by atoms with Crippen LogP contribution in [0.25, 0.3) is 0 Å². The molecule has 1 atom stereocenters. The third-order valence-corrected chi connectivity index (χ3v) is 2.43. The van der Waals surface area contributed by atoms with Gasteiger partial charge in [-0.3, -0.25) is 9.59 Å². The van der Waals surface area contributed by atoms with Crippen molar-refractivity contribution in [1.82, 2.24) is 15.5 Å². The van der Waals surface area contributed by atoms with Crippen molar-refractivity contribution in [3.05, 3.63) is 0 Å². The van der Waals surface area contributed by atoms with Crippen molar-refractivity contribution < 1.29 is 29.4 Å². The molecule has 4 N–H and O–H groups in total. The van der Waals surface area contributed by atoms with Crippen LogP contribution in [0, 0.1) is 0 Å². The summed E-state index contributed by atoms with van der Waals surface area (Å²) in [5.74, 6) is -3.18. The van der Waals surface area contributed by atoms with Crippen molar-refractivity contribution in [3.8, 4) is 0 Å². The minimum Gasteiger partial charge on any atom is -0.481 e. The number of carboxylic acid groups (broad SMARTS) is 2. The Kier molecular flexibility index (Phi) is 7.80. The summed E-state index contributed by atoms with van der Waals surface area (Å²) in [5, 5.41) is 22.1. The topological polar surface area (TPSA) is 136 Å². The smallest absolute Gasteiger partial charge is 0.326 e. The monoisotopic (exact) mass is 303 g/mol. The third kappa shape index (κ3) is 7.75. The van der Waals surface area contributed by atoms with Gasteiger partial charge in [0.15, 0.2) is 0 Å². The SMILES string of the molecule is CCN(CC(=O)NC(C)C)C(=O)NC(CC(=O)O)C(=O)O. The number of likely N-dealkylation sites (N-methyl/N-ethyl adjacent to an activating group) is 1. The van der Waals surface area contributed by atoms with Gasteiger partial charge in [0.2, 0.25) is 5.91 Å². The predicted molar refractivity (Wildman–Crippen MR) is 72.7 cm³/mol. The quantitative estimate of drug-likeness (QED) is 0.476. The van der Waals surface area contributed by atoms with Crippen molar-refractivity contribution in [2.75, 3.05) is 13.1 Å². The van der Waals surface area contributed by atoms with Crippen molar-refractivity contribution in [2.24, 2.45) is 0 Å². The van der Waals surface area contributed by atoms with Crippen LogP contribution >= 0.6 is 0 Å². The van der Waals surface area contributed by atoms with E-state index < -0.39 is 30.4 Å². The van der Waals surface area contributed by atoms with E-state index in [4.69, 9.17) is 10.2 Å². The number of carbonyl (C=O) groups excluding carboxylic acids is 2. The van der Waals surface area contributed by atoms with Gasteiger partial charge in [-0.05, 0) is 20.8 Å². The van der Waals surface area contributed by atoms with Crippen molar-refractivity contribution >= 4 is 23.9 Å². The van der Waals surface area contributed by atoms with E-state index in [-0.39, 0.29) is 25.0 Å². The van der Waals surface area contributed by atoms with Crippen LogP contribution in [0.4, 0.5) is 4.79 Å². The molecule has 0 rings (SSSR count). The van der Waals surface area contributed by atoms with Gasteiger partial charge in [-0.2, -0.15) is 0 Å². The molecule has 0 radical (unpaired) electrons. The number of aliphatic carboxylic acids is 2. The first-order valence-corrected chi connectivity index (χ1v) is 6.46. The summed E-state index contributed by atoms with van der Waals surface area (Å²) in [5.41, 5.74) is 0. The van der Waals surface area contributed by atoms with Gasteiger partial charge in [-0.15, -0.1) is 0 Å². The fraction of sp³-hybridized carbons (Fsp3) is 0.667. The summed E-state index contributed by atoms with van der Waals surface area (Å²) in [4.78, 5) is 46.0. The first-order chi connectivity index (χ1) is 9.67. The largest absolute Gasteiger partial charge is 0.481 e. The van der Waals surface area contributed by atoms with Gasteiger partial charge in [0.25, 0.3) is 0 Å². The number of carbonyl (C=O) groups is 4. The van der Waals surface area contributed by atoms with E-state index in [0.29, 0.717) is 0 Å². The van der Waals surface area contributed by atoms with Gasteiger partial charge in [0.05, 0.1) is 6.42 Å². The lowest BCUT2D eigenvalue weighted by Crippen LogP contribution is -2.51. The van der Waals surface area contributed by atoms with Crippen LogP contribution in [0.2, 0.25) is 0 Å². The maximum atomic E-state index is 11.9. The van der Waals surface area contributed by atoms with Crippen molar-refractivity contribution in [1.29, 1.82) is 0 Å². The van der Waals surface area contributed by atoms with Crippen LogP contribution in [0.5, 0.6) is 0 Å². The van der Waals surface area contributed by atoms with Crippen LogP contribution in [0.1, 0.15) is 27.2 Å². The molecular weight excluding hydrogens is 282 g/mol. The number of rotatable bonds is 8. The Balaban J connectivity index is 4.65. The Morgan fingerprint density at radius 3 is 2.05 bits per heavy atom. The number of nitrogens with zero attached hydrogens (tertiary/aromatic N) is 1. The highest BCUT2D eigenvalue weighted by Gasteiger charge is 2.25. The highest BCUT2D eigenvalue weighted by molar-refractivity contribution is 5.88. The van der Waals surface area contributed by atoms with E-state index in [0.717, 1.165) is 4.90 Å². The maximum absolute atomic E-state index is 11.9. The summed E-state index contributed by atoms with van der Waals surface area (Å²) < 4.78 is 0. The van der Waals surface area contributed by atoms with Gasteiger partial charge in [-0.1, -0.05) is 0 Å². The van der Waals surface area contributed by atoms with Gasteiger partial charge in [0, 0.05) is 12.6 Å². The van der Waals surface area contributed by atoms with E-state index >= 15 is 0 Å². The zero-order valence-electron chi connectivity index (χ0n) is 12.3. The second-order valence-electron chi connectivity index (χ2n) is 4.67. The summed E-state index contributed by atoms with van der Waals surface area (Å²) >= 11 is 0. The number of urea groups is 1. The van der Waals surface area contributed by atoms with E-state index in [2.05, 4.69) is 10.6 Å². The second-order valence-corrected chi connectivity index (χ2v) is 4.67. The summed E-state index contributed by atoms with van der Waals surface area (Å²) in [6, 6.07) is -2.43. The van der Waals surface area contributed by atoms with Crippen molar-refractivity contribution in [3.63, 3.8) is 0 Å². The second kappa shape index (κ2) is 8.77. The Hall–Kier alpha value is -2.32. The van der Waals surface area contributed by atoms with Gasteiger partial charge in [0.1, 0.15) is 12.6 Å². The van der Waals surface area contributed by atoms with Crippen LogP contribution in [0.3, 0.4) is 0 Å². The third-order valence-electron chi connectivity index (χ3n) is 2.43. The minimum absolute atomic E-state index is 0.0851. The fourth-order valence-electron chi connectivity index (χ4n) is 1.48. The number of carboxylic acids is 2. The molecule has 21 heavy (non-hydrogen) atoms. The molecule has 0 bridgehead atoms. The molecule has 0 heterocycles. The predicted octanol–water partition coefficient (Wildman–Crippen LogP) is -0.530. The molecule has 9 nitrogen and oxygen atoms in total. The Labute approximate surface area is 122 Å². The van der Waals surface area contributed by atoms with Gasteiger partial charge in [-0.25, -0.2) is 9.59 Å². The highest BCUT2D eigenvalue weighted by atomic mass is 16.4. The first kappa shape index (κ1) is 18.7. The number of hydrogen-bond acceptors (Lipinski definition) is 4. The Morgan fingerprint density at radius 2 is 1.67 bits per heavy atom. The van der Waals surface area contributed by atoms with E-state index in [1.807, 2.05) is 0 Å². The van der Waals surface area contributed by atoms with Crippen LogP contribution in [-0.4, -0.2) is 64.2 Å². The molecule has 0 aromatic carbocycles. The molecule has 9 heteroatoms. The standard InChI is InChI=1S/C12H21N3O6/c1-4-15(6-9(16)13-7(2)3)12(21)14-8(11(19)20)5-10(17)18/h7-8H,4-6H2,1-3H3,(H,13,16)(H,14,21)(H,17,18)(H,19,20). The first-order valence-electron chi connectivity index (χ1n) is 6.46. The zero-order chi connectivity index (χ0) is 16.6. The van der Waals surface area contributed by atoms with Crippen LogP contribution in [-0.2, 0) is 14.4 Å². The molecule has 0 fully saturated rings. The number of hydrogen-bond donors (Lipinski definition) is 4. The zero-order valence-corrected chi connectivity index (χ0v) is 12.3. The molecule has 120 valence electrons. The van der Waals surface area contributed by atoms with E-state index in [1.165, 1.54) is 0 Å². The Bertz CT molecular complexity index is 410. The average Bonchev–Trinajstić information content (AvgIpc) is 2.33. The maximum Gasteiger partial charge on any atom is 0.326 e. The number of amides is 3. The minimum atomic E-state index is -1.54. The van der Waals surface area contributed by atoms with Crippen molar-refractivity contribution in [2.45, 2.75) is 39.3 Å².